The number of fused-ring (bicyclic) bond motifs is 9. The molecule has 0 amide bonds. The van der Waals surface area contributed by atoms with E-state index in [0.717, 1.165) is 50.1 Å². The van der Waals surface area contributed by atoms with Crippen molar-refractivity contribution in [2.24, 2.45) is 0 Å². The van der Waals surface area contributed by atoms with Crippen molar-refractivity contribution in [3.05, 3.63) is 268 Å². The lowest BCUT2D eigenvalue weighted by atomic mass is 9.66. The second kappa shape index (κ2) is 15.7. The minimum Gasteiger partial charge on any atom is -0.455 e. The fourth-order valence-electron chi connectivity index (χ4n) is 12.4. The van der Waals surface area contributed by atoms with E-state index in [9.17, 15) is 0 Å². The van der Waals surface area contributed by atoms with Crippen LogP contribution in [0.2, 0.25) is 0 Å². The number of rotatable bonds is 7. The van der Waals surface area contributed by atoms with E-state index >= 15 is 0 Å². The lowest BCUT2D eigenvalue weighted by Crippen LogP contribution is -2.29. The number of para-hydroxylation sites is 2. The molecule has 13 rings (SSSR count). The summed E-state index contributed by atoms with van der Waals surface area (Å²) < 4.78 is 6.60. The van der Waals surface area contributed by atoms with Crippen LogP contribution >= 0.6 is 0 Å². The Labute approximate surface area is 411 Å². The highest BCUT2D eigenvalue weighted by atomic mass is 16.3. The van der Waals surface area contributed by atoms with Crippen molar-refractivity contribution >= 4 is 39.0 Å². The summed E-state index contributed by atoms with van der Waals surface area (Å²) in [5, 5.41) is 2.26. The summed E-state index contributed by atoms with van der Waals surface area (Å²) in [6.45, 7) is 13.9. The molecule has 336 valence electrons. The van der Waals surface area contributed by atoms with Gasteiger partial charge in [0.15, 0.2) is 0 Å². The Morgan fingerprint density at radius 2 is 0.986 bits per heavy atom. The monoisotopic (exact) mass is 899 g/mol. The molecule has 10 aromatic carbocycles. The first-order chi connectivity index (χ1) is 34.1. The van der Waals surface area contributed by atoms with Crippen LogP contribution in [0, 0.1) is 27.7 Å². The van der Waals surface area contributed by atoms with Gasteiger partial charge in [-0.25, -0.2) is 0 Å². The van der Waals surface area contributed by atoms with Gasteiger partial charge in [-0.3, -0.25) is 0 Å². The number of benzene rings is 10. The quantitative estimate of drug-likeness (QED) is 0.158. The smallest absolute Gasteiger partial charge is 0.143 e. The van der Waals surface area contributed by atoms with E-state index in [1.54, 1.807) is 0 Å². The van der Waals surface area contributed by atoms with E-state index in [2.05, 4.69) is 253 Å². The summed E-state index contributed by atoms with van der Waals surface area (Å²) in [7, 11) is 0. The zero-order chi connectivity index (χ0) is 47.5. The first kappa shape index (κ1) is 41.9. The van der Waals surface area contributed by atoms with Crippen LogP contribution in [-0.4, -0.2) is 0 Å². The van der Waals surface area contributed by atoms with Gasteiger partial charge in [0.25, 0.3) is 0 Å². The highest BCUT2D eigenvalue weighted by Crippen LogP contribution is 2.60. The van der Waals surface area contributed by atoms with E-state index in [1.165, 1.54) is 89.0 Å². The third-order valence-corrected chi connectivity index (χ3v) is 16.0. The van der Waals surface area contributed by atoms with E-state index in [1.807, 2.05) is 6.07 Å². The van der Waals surface area contributed by atoms with Gasteiger partial charge in [0, 0.05) is 38.8 Å². The molecular formula is C68H53NO. The van der Waals surface area contributed by atoms with E-state index in [-0.39, 0.29) is 5.41 Å². The summed E-state index contributed by atoms with van der Waals surface area (Å²) in [5.74, 6) is 0. The van der Waals surface area contributed by atoms with E-state index < -0.39 is 5.41 Å². The third kappa shape index (κ3) is 6.05. The fourth-order valence-corrected chi connectivity index (χ4v) is 12.4. The van der Waals surface area contributed by atoms with Gasteiger partial charge in [0.1, 0.15) is 11.2 Å². The first-order valence-electron chi connectivity index (χ1n) is 24.7. The molecule has 2 aliphatic rings. The molecule has 1 heterocycles. The zero-order valence-electron chi connectivity index (χ0n) is 40.6. The summed E-state index contributed by atoms with van der Waals surface area (Å²) in [6, 6.07) is 78.9. The molecule has 0 saturated heterocycles. The van der Waals surface area contributed by atoms with Crippen LogP contribution in [-0.2, 0) is 10.8 Å². The maximum atomic E-state index is 6.60. The SMILES string of the molecule is Cc1cc2c(cc1C)C(c1ccccc1)(c1ccccc1)c1c(C)c(C)cc(-c3ccc(N(c4cccc(-c5cccc6c5oc5ccccc56)c4)c4ccc5c(c4)C(C)(C)c4ccccc4-5)cc3)c1-2. The highest BCUT2D eigenvalue weighted by molar-refractivity contribution is 6.09. The second-order valence-corrected chi connectivity index (χ2v) is 20.2. The fraction of sp³-hybridized carbons (Fsp3) is 0.118. The van der Waals surface area contributed by atoms with Crippen molar-refractivity contribution in [1.29, 1.82) is 0 Å². The molecule has 70 heavy (non-hydrogen) atoms. The van der Waals surface area contributed by atoms with Crippen LogP contribution < -0.4 is 4.90 Å². The molecule has 1 aromatic heterocycles. The number of hydrogen-bond donors (Lipinski definition) is 0. The number of anilines is 3. The maximum Gasteiger partial charge on any atom is 0.143 e. The maximum absolute atomic E-state index is 6.60. The molecule has 0 saturated carbocycles. The first-order valence-corrected chi connectivity index (χ1v) is 24.7. The number of furan rings is 1. The molecule has 0 atom stereocenters. The van der Waals surface area contributed by atoms with Gasteiger partial charge >= 0.3 is 0 Å². The minimum atomic E-state index is -0.494. The average molecular weight is 900 g/mol. The van der Waals surface area contributed by atoms with Crippen molar-refractivity contribution in [2.45, 2.75) is 52.4 Å². The minimum absolute atomic E-state index is 0.151. The normalized spacial score (nSPS) is 13.8. The third-order valence-electron chi connectivity index (χ3n) is 16.0. The molecule has 0 fully saturated rings. The Kier molecular flexibility index (Phi) is 9.39. The molecule has 2 aliphatic carbocycles. The average Bonchev–Trinajstić information content (AvgIpc) is 4.00. The van der Waals surface area contributed by atoms with Crippen LogP contribution in [0.3, 0.4) is 0 Å². The van der Waals surface area contributed by atoms with Crippen LogP contribution in [0.1, 0.15) is 69.5 Å². The van der Waals surface area contributed by atoms with Crippen molar-refractivity contribution in [3.8, 4) is 44.5 Å². The summed E-state index contributed by atoms with van der Waals surface area (Å²) in [4.78, 5) is 2.44. The Morgan fingerprint density at radius 3 is 1.76 bits per heavy atom. The Bertz CT molecular complexity index is 3850. The Morgan fingerprint density at radius 1 is 0.386 bits per heavy atom. The van der Waals surface area contributed by atoms with Crippen LogP contribution in [0.5, 0.6) is 0 Å². The Hall–Kier alpha value is -8.20. The van der Waals surface area contributed by atoms with E-state index in [0.29, 0.717) is 0 Å². The molecule has 0 N–H and O–H groups in total. The molecule has 0 unspecified atom stereocenters. The highest BCUT2D eigenvalue weighted by Gasteiger charge is 2.48. The number of nitrogens with zero attached hydrogens (tertiary/aromatic N) is 1. The van der Waals surface area contributed by atoms with Gasteiger partial charge in [-0.1, -0.05) is 184 Å². The summed E-state index contributed by atoms with van der Waals surface area (Å²) >= 11 is 0. The van der Waals surface area contributed by atoms with Crippen molar-refractivity contribution in [2.75, 3.05) is 4.90 Å². The molecule has 0 spiro atoms. The molecule has 11 aromatic rings. The standard InChI is InChI=1S/C68H53NO/c1-42-37-59-62(39-43(42)2)68(48-20-9-7-10-21-48,49-22-11-8-12-23-49)65-45(4)44(3)38-58(64(59)65)46-31-33-50(34-32-46)69(52-35-36-55-54-25-13-15-29-60(54)67(5,6)61(55)41-52)51-24-17-19-47(40-51)53-27-18-28-57-56-26-14-16-30-63(56)70-66(53)57/h7-41H,1-6H3. The van der Waals surface area contributed by atoms with Crippen LogP contribution in [0.4, 0.5) is 17.1 Å². The van der Waals surface area contributed by atoms with Gasteiger partial charge in [0.05, 0.1) is 5.41 Å². The lowest BCUT2D eigenvalue weighted by Gasteiger charge is -2.35. The topological polar surface area (TPSA) is 16.4 Å². The largest absolute Gasteiger partial charge is 0.455 e. The van der Waals surface area contributed by atoms with Crippen LogP contribution in [0.25, 0.3) is 66.4 Å². The molecule has 0 radical (unpaired) electrons. The molecule has 0 aliphatic heterocycles. The van der Waals surface area contributed by atoms with Gasteiger partial charge in [0.2, 0.25) is 0 Å². The van der Waals surface area contributed by atoms with Crippen molar-refractivity contribution in [1.82, 2.24) is 0 Å². The van der Waals surface area contributed by atoms with Crippen molar-refractivity contribution < 1.29 is 4.42 Å². The van der Waals surface area contributed by atoms with Gasteiger partial charge in [-0.05, 0) is 165 Å². The molecular weight excluding hydrogens is 847 g/mol. The predicted octanol–water partition coefficient (Wildman–Crippen LogP) is 18.3. The van der Waals surface area contributed by atoms with E-state index in [4.69, 9.17) is 4.42 Å². The van der Waals surface area contributed by atoms with Gasteiger partial charge < -0.3 is 9.32 Å². The number of aryl methyl sites for hydroxylation is 3. The zero-order valence-corrected chi connectivity index (χ0v) is 40.6. The Balaban J connectivity index is 1.01. The van der Waals surface area contributed by atoms with Gasteiger partial charge in [-0.2, -0.15) is 0 Å². The second-order valence-electron chi connectivity index (χ2n) is 20.2. The predicted molar refractivity (Wildman–Crippen MR) is 293 cm³/mol. The molecule has 2 heteroatoms. The van der Waals surface area contributed by atoms with Gasteiger partial charge in [-0.15, -0.1) is 0 Å². The van der Waals surface area contributed by atoms with Crippen LogP contribution in [0.15, 0.2) is 217 Å². The molecule has 0 bridgehead atoms. The lowest BCUT2D eigenvalue weighted by molar-refractivity contribution is 0.660. The summed E-state index contributed by atoms with van der Waals surface area (Å²) in [5.41, 5.74) is 27.6. The molecule has 2 nitrogen and oxygen atoms in total. The summed E-state index contributed by atoms with van der Waals surface area (Å²) in [6.07, 6.45) is 0. The number of hydrogen-bond acceptors (Lipinski definition) is 2. The van der Waals surface area contributed by atoms with Crippen molar-refractivity contribution in [3.63, 3.8) is 0 Å².